The first kappa shape index (κ1) is 18.9. The van der Waals surface area contributed by atoms with Gasteiger partial charge in [-0.3, -0.25) is 4.68 Å². The molecule has 8 heteroatoms. The first-order chi connectivity index (χ1) is 12.3. The van der Waals surface area contributed by atoms with Crippen LogP contribution in [-0.2, 0) is 10.3 Å². The zero-order valence-corrected chi connectivity index (χ0v) is 16.8. The highest BCUT2D eigenvalue weighted by molar-refractivity contribution is 7.10. The molecule has 0 spiro atoms. The summed E-state index contributed by atoms with van der Waals surface area (Å²) in [6.07, 6.45) is 3.19. The number of halogens is 2. The average molecular weight is 410 g/mol. The van der Waals surface area contributed by atoms with Gasteiger partial charge in [-0.2, -0.15) is 5.10 Å². The van der Waals surface area contributed by atoms with Crippen LogP contribution in [0.2, 0.25) is 10.0 Å². The Balaban J connectivity index is 1.89. The molecule has 0 bridgehead atoms. The quantitative estimate of drug-likeness (QED) is 0.538. The number of hydrogen-bond donors (Lipinski definition) is 0. The topological polar surface area (TPSA) is 57.0 Å². The second-order valence-electron chi connectivity index (χ2n) is 6.12. The third-order valence-electron chi connectivity index (χ3n) is 3.91. The van der Waals surface area contributed by atoms with Crippen molar-refractivity contribution in [3.05, 3.63) is 56.6 Å². The summed E-state index contributed by atoms with van der Waals surface area (Å²) in [5.41, 5.74) is 1.60. The first-order valence-corrected chi connectivity index (χ1v) is 9.60. The van der Waals surface area contributed by atoms with Gasteiger partial charge in [0, 0.05) is 17.1 Å². The fourth-order valence-corrected chi connectivity index (χ4v) is 3.63. The number of nitrogens with zero attached hydrogens (tertiary/aromatic N) is 3. The molecule has 3 aromatic rings. The molecule has 3 rings (SSSR count). The molecule has 0 aliphatic rings. The SMILES string of the molecule is CCOC(=O)c1cnn(C(C)(C)c2nc(-c3ccc(Cl)c(Cl)c3)cs2)c1. The Morgan fingerprint density at radius 2 is 2.08 bits per heavy atom. The molecule has 0 aliphatic heterocycles. The predicted molar refractivity (Wildman–Crippen MR) is 104 cm³/mol. The van der Waals surface area contributed by atoms with Crippen LogP contribution in [0.25, 0.3) is 11.3 Å². The number of hydrogen-bond acceptors (Lipinski definition) is 5. The van der Waals surface area contributed by atoms with Crippen LogP contribution >= 0.6 is 34.5 Å². The van der Waals surface area contributed by atoms with Crippen LogP contribution in [0.15, 0.2) is 36.0 Å². The monoisotopic (exact) mass is 409 g/mol. The van der Waals surface area contributed by atoms with E-state index in [4.69, 9.17) is 32.9 Å². The van der Waals surface area contributed by atoms with Gasteiger partial charge in [-0.15, -0.1) is 11.3 Å². The minimum atomic E-state index is -0.524. The van der Waals surface area contributed by atoms with Gasteiger partial charge in [-0.25, -0.2) is 9.78 Å². The Hall–Kier alpha value is -1.89. The summed E-state index contributed by atoms with van der Waals surface area (Å²) in [5.74, 6) is -0.384. The van der Waals surface area contributed by atoms with E-state index in [0.29, 0.717) is 22.2 Å². The minimum absolute atomic E-state index is 0.326. The second-order valence-corrected chi connectivity index (χ2v) is 7.79. The van der Waals surface area contributed by atoms with Crippen molar-refractivity contribution in [2.75, 3.05) is 6.61 Å². The molecule has 26 heavy (non-hydrogen) atoms. The molecule has 0 radical (unpaired) electrons. The van der Waals surface area contributed by atoms with E-state index in [1.54, 1.807) is 29.9 Å². The van der Waals surface area contributed by atoms with E-state index < -0.39 is 5.54 Å². The predicted octanol–water partition coefficient (Wildman–Crippen LogP) is 5.27. The highest BCUT2D eigenvalue weighted by Gasteiger charge is 2.28. The zero-order chi connectivity index (χ0) is 18.9. The molecule has 0 N–H and O–H groups in total. The molecule has 5 nitrogen and oxygen atoms in total. The maximum Gasteiger partial charge on any atom is 0.341 e. The number of esters is 1. The van der Waals surface area contributed by atoms with Crippen LogP contribution in [0, 0.1) is 0 Å². The normalized spacial score (nSPS) is 11.6. The first-order valence-electron chi connectivity index (χ1n) is 7.96. The van der Waals surface area contributed by atoms with E-state index in [9.17, 15) is 4.79 Å². The summed E-state index contributed by atoms with van der Waals surface area (Å²) in [6, 6.07) is 5.43. The lowest BCUT2D eigenvalue weighted by Gasteiger charge is -2.22. The molecule has 2 aromatic heterocycles. The Kier molecular flexibility index (Phi) is 5.37. The van der Waals surface area contributed by atoms with Crippen LogP contribution in [0.4, 0.5) is 0 Å². The number of carbonyl (C=O) groups excluding carboxylic acids is 1. The molecule has 2 heterocycles. The van der Waals surface area contributed by atoms with Crippen LogP contribution in [-0.4, -0.2) is 27.3 Å². The number of carbonyl (C=O) groups is 1. The number of ether oxygens (including phenoxy) is 1. The van der Waals surface area contributed by atoms with E-state index in [1.165, 1.54) is 17.5 Å². The van der Waals surface area contributed by atoms with Crippen molar-refractivity contribution in [2.45, 2.75) is 26.3 Å². The van der Waals surface area contributed by atoms with Crippen molar-refractivity contribution in [3.63, 3.8) is 0 Å². The fraction of sp³-hybridized carbons (Fsp3) is 0.278. The summed E-state index contributed by atoms with van der Waals surface area (Å²) in [5, 5.41) is 8.14. The molecular weight excluding hydrogens is 393 g/mol. The standard InChI is InChI=1S/C18H17Cl2N3O2S/c1-4-25-16(24)12-8-21-23(9-12)18(2,3)17-22-15(10-26-17)11-5-6-13(19)14(20)7-11/h5-10H,4H2,1-3H3. The largest absolute Gasteiger partial charge is 0.462 e. The van der Waals surface area contributed by atoms with Gasteiger partial charge in [0.15, 0.2) is 0 Å². The average Bonchev–Trinajstić information content (AvgIpc) is 3.27. The minimum Gasteiger partial charge on any atom is -0.462 e. The van der Waals surface area contributed by atoms with Crippen molar-refractivity contribution in [3.8, 4) is 11.3 Å². The lowest BCUT2D eigenvalue weighted by atomic mass is 10.1. The maximum absolute atomic E-state index is 11.9. The molecule has 1 aromatic carbocycles. The molecular formula is C18H17Cl2N3O2S. The molecule has 0 fully saturated rings. The smallest absolute Gasteiger partial charge is 0.341 e. The summed E-state index contributed by atoms with van der Waals surface area (Å²) >= 11 is 13.6. The Morgan fingerprint density at radius 3 is 2.77 bits per heavy atom. The lowest BCUT2D eigenvalue weighted by molar-refractivity contribution is 0.0526. The number of aromatic nitrogens is 3. The van der Waals surface area contributed by atoms with Gasteiger partial charge < -0.3 is 4.74 Å². The molecule has 0 saturated carbocycles. The molecule has 0 saturated heterocycles. The zero-order valence-electron chi connectivity index (χ0n) is 14.5. The number of thiazole rings is 1. The second kappa shape index (κ2) is 7.39. The Labute approximate surface area is 165 Å². The van der Waals surface area contributed by atoms with Crippen molar-refractivity contribution in [1.82, 2.24) is 14.8 Å². The fourth-order valence-electron chi connectivity index (χ4n) is 2.39. The molecule has 0 aliphatic carbocycles. The summed E-state index contributed by atoms with van der Waals surface area (Å²) in [4.78, 5) is 16.6. The van der Waals surface area contributed by atoms with E-state index in [2.05, 4.69) is 5.10 Å². The molecule has 0 atom stereocenters. The Bertz CT molecular complexity index is 950. The van der Waals surface area contributed by atoms with Gasteiger partial charge in [-0.1, -0.05) is 29.3 Å². The van der Waals surface area contributed by atoms with Crippen molar-refractivity contribution in [2.24, 2.45) is 0 Å². The third kappa shape index (κ3) is 3.63. The molecule has 0 amide bonds. The highest BCUT2D eigenvalue weighted by Crippen LogP contribution is 2.33. The lowest BCUT2D eigenvalue weighted by Crippen LogP contribution is -2.28. The summed E-state index contributed by atoms with van der Waals surface area (Å²) < 4.78 is 6.73. The summed E-state index contributed by atoms with van der Waals surface area (Å²) in [6.45, 7) is 6.08. The van der Waals surface area contributed by atoms with Gasteiger partial charge in [0.25, 0.3) is 0 Å². The highest BCUT2D eigenvalue weighted by atomic mass is 35.5. The molecule has 0 unspecified atom stereocenters. The third-order valence-corrected chi connectivity index (χ3v) is 5.80. The van der Waals surface area contributed by atoms with Crippen LogP contribution in [0.3, 0.4) is 0 Å². The van der Waals surface area contributed by atoms with Gasteiger partial charge in [0.2, 0.25) is 0 Å². The van der Waals surface area contributed by atoms with E-state index in [1.807, 2.05) is 25.3 Å². The van der Waals surface area contributed by atoms with Gasteiger partial charge in [-0.05, 0) is 32.9 Å². The van der Waals surface area contributed by atoms with Crippen LogP contribution in [0.1, 0.15) is 36.1 Å². The summed E-state index contributed by atoms with van der Waals surface area (Å²) in [7, 11) is 0. The van der Waals surface area contributed by atoms with Gasteiger partial charge in [0.1, 0.15) is 10.5 Å². The molecule has 136 valence electrons. The van der Waals surface area contributed by atoms with E-state index in [-0.39, 0.29) is 5.97 Å². The Morgan fingerprint density at radius 1 is 1.31 bits per heavy atom. The van der Waals surface area contributed by atoms with E-state index in [0.717, 1.165) is 16.3 Å². The van der Waals surface area contributed by atoms with Crippen molar-refractivity contribution < 1.29 is 9.53 Å². The van der Waals surface area contributed by atoms with Gasteiger partial charge >= 0.3 is 5.97 Å². The van der Waals surface area contributed by atoms with Crippen molar-refractivity contribution in [1.29, 1.82) is 0 Å². The number of rotatable bonds is 5. The van der Waals surface area contributed by atoms with Crippen LogP contribution in [0.5, 0.6) is 0 Å². The van der Waals surface area contributed by atoms with E-state index >= 15 is 0 Å². The van der Waals surface area contributed by atoms with Crippen LogP contribution < -0.4 is 0 Å². The number of benzene rings is 1. The van der Waals surface area contributed by atoms with Crippen molar-refractivity contribution >= 4 is 40.5 Å². The maximum atomic E-state index is 11.9. The van der Waals surface area contributed by atoms with Gasteiger partial charge in [0.05, 0.1) is 34.1 Å².